The molecule has 9 heteroatoms. The largest absolute Gasteiger partial charge is 0.351 e. The number of rotatable bonds is 3. The van der Waals surface area contributed by atoms with E-state index in [-0.39, 0.29) is 0 Å². The van der Waals surface area contributed by atoms with E-state index in [0.717, 1.165) is 49.1 Å². The number of hydrogen-bond donors (Lipinski definition) is 0. The second-order valence-corrected chi connectivity index (χ2v) is 6.86. The lowest BCUT2D eigenvalue weighted by atomic mass is 10.3. The molecule has 1 saturated heterocycles. The maximum atomic E-state index is 5.86. The van der Waals surface area contributed by atoms with Crippen LogP contribution in [0, 0.1) is 0 Å². The third-order valence-corrected chi connectivity index (χ3v) is 4.94. The zero-order valence-electron chi connectivity index (χ0n) is 13.6. The van der Waals surface area contributed by atoms with E-state index in [2.05, 4.69) is 39.3 Å². The molecule has 1 aliphatic heterocycles. The van der Waals surface area contributed by atoms with Crippen LogP contribution >= 0.6 is 11.6 Å². The summed E-state index contributed by atoms with van der Waals surface area (Å²) >= 11 is 5.86. The minimum absolute atomic E-state index is 0.553. The lowest BCUT2D eigenvalue weighted by molar-refractivity contribution is 0.635. The van der Waals surface area contributed by atoms with Gasteiger partial charge in [0.05, 0.1) is 23.7 Å². The molecule has 0 bridgehead atoms. The fourth-order valence-corrected chi connectivity index (χ4v) is 3.38. The van der Waals surface area contributed by atoms with Crippen LogP contribution in [-0.4, -0.2) is 55.7 Å². The van der Waals surface area contributed by atoms with Crippen molar-refractivity contribution in [1.29, 1.82) is 0 Å². The first-order valence-electron chi connectivity index (χ1n) is 8.44. The predicted molar refractivity (Wildman–Crippen MR) is 95.1 cm³/mol. The number of hydrogen-bond acceptors (Lipinski definition) is 7. The minimum atomic E-state index is 0.553. The third kappa shape index (κ3) is 2.66. The van der Waals surface area contributed by atoms with Crippen LogP contribution < -0.4 is 9.80 Å². The molecule has 1 saturated carbocycles. The second-order valence-electron chi connectivity index (χ2n) is 6.43. The highest BCUT2D eigenvalue weighted by Crippen LogP contribution is 2.37. The molecule has 2 aliphatic rings. The van der Waals surface area contributed by atoms with E-state index >= 15 is 0 Å². The van der Waals surface area contributed by atoms with Crippen molar-refractivity contribution in [2.75, 3.05) is 36.0 Å². The average molecular weight is 357 g/mol. The van der Waals surface area contributed by atoms with Gasteiger partial charge < -0.3 is 14.4 Å². The summed E-state index contributed by atoms with van der Waals surface area (Å²) < 4.78 is 2.18. The van der Waals surface area contributed by atoms with E-state index in [1.807, 2.05) is 6.33 Å². The van der Waals surface area contributed by atoms with Crippen LogP contribution in [0.25, 0.3) is 11.2 Å². The summed E-state index contributed by atoms with van der Waals surface area (Å²) in [5, 5.41) is 0.553. The number of nitrogens with zero attached hydrogens (tertiary/aromatic N) is 8. The van der Waals surface area contributed by atoms with Crippen LogP contribution in [0.1, 0.15) is 18.9 Å². The SMILES string of the molecule is Clc1cnc(N2CCN(c3ncnc4c3ncn4C3CC3)CC2)nc1. The monoisotopic (exact) mass is 356 g/mol. The van der Waals surface area contributed by atoms with Gasteiger partial charge in [0.2, 0.25) is 5.95 Å². The van der Waals surface area contributed by atoms with E-state index in [1.165, 1.54) is 12.8 Å². The number of piperazine rings is 1. The molecule has 0 amide bonds. The Hall–Kier alpha value is -2.48. The summed E-state index contributed by atoms with van der Waals surface area (Å²) in [4.78, 5) is 26.6. The Morgan fingerprint density at radius 2 is 1.60 bits per heavy atom. The van der Waals surface area contributed by atoms with Crippen LogP contribution in [0.2, 0.25) is 5.02 Å². The van der Waals surface area contributed by atoms with Crippen LogP contribution in [0.15, 0.2) is 25.0 Å². The van der Waals surface area contributed by atoms with Crippen LogP contribution in [0.4, 0.5) is 11.8 Å². The molecule has 8 nitrogen and oxygen atoms in total. The number of imidazole rings is 1. The maximum absolute atomic E-state index is 5.86. The molecule has 4 heterocycles. The van der Waals surface area contributed by atoms with Gasteiger partial charge in [-0.2, -0.15) is 0 Å². The van der Waals surface area contributed by atoms with Crippen molar-refractivity contribution in [3.05, 3.63) is 30.1 Å². The highest BCUT2D eigenvalue weighted by atomic mass is 35.5. The molecular weight excluding hydrogens is 340 g/mol. The maximum Gasteiger partial charge on any atom is 0.225 e. The van der Waals surface area contributed by atoms with Crippen molar-refractivity contribution in [3.8, 4) is 0 Å². The molecule has 0 atom stereocenters. The van der Waals surface area contributed by atoms with E-state index in [0.29, 0.717) is 11.1 Å². The highest BCUT2D eigenvalue weighted by molar-refractivity contribution is 6.30. The Labute approximate surface area is 149 Å². The Kier molecular flexibility index (Phi) is 3.44. The zero-order valence-corrected chi connectivity index (χ0v) is 14.3. The van der Waals surface area contributed by atoms with Gasteiger partial charge in [-0.05, 0) is 12.8 Å². The van der Waals surface area contributed by atoms with Crippen molar-refractivity contribution in [3.63, 3.8) is 0 Å². The first kappa shape index (κ1) is 14.8. The molecule has 2 fully saturated rings. The molecule has 1 aliphatic carbocycles. The van der Waals surface area contributed by atoms with Gasteiger partial charge in [0.1, 0.15) is 6.33 Å². The Bertz CT molecular complexity index is 896. The highest BCUT2D eigenvalue weighted by Gasteiger charge is 2.28. The van der Waals surface area contributed by atoms with Gasteiger partial charge in [-0.25, -0.2) is 24.9 Å². The van der Waals surface area contributed by atoms with Crippen LogP contribution in [-0.2, 0) is 0 Å². The molecule has 0 spiro atoms. The van der Waals surface area contributed by atoms with Gasteiger partial charge in [-0.15, -0.1) is 0 Å². The molecule has 128 valence electrons. The van der Waals surface area contributed by atoms with Crippen molar-refractivity contribution in [1.82, 2.24) is 29.5 Å². The first-order chi connectivity index (χ1) is 12.3. The average Bonchev–Trinajstić information content (AvgIpc) is 3.41. The summed E-state index contributed by atoms with van der Waals surface area (Å²) in [6, 6.07) is 0.562. The van der Waals surface area contributed by atoms with Gasteiger partial charge in [-0.1, -0.05) is 11.6 Å². The van der Waals surface area contributed by atoms with Crippen molar-refractivity contribution in [2.45, 2.75) is 18.9 Å². The molecule has 0 aromatic carbocycles. The van der Waals surface area contributed by atoms with Crippen molar-refractivity contribution >= 4 is 34.5 Å². The fourth-order valence-electron chi connectivity index (χ4n) is 3.28. The fraction of sp³-hybridized carbons (Fsp3) is 0.438. The Morgan fingerprint density at radius 1 is 0.880 bits per heavy atom. The Morgan fingerprint density at radius 3 is 2.32 bits per heavy atom. The van der Waals surface area contributed by atoms with Gasteiger partial charge in [0.25, 0.3) is 0 Å². The normalized spacial score (nSPS) is 18.1. The van der Waals surface area contributed by atoms with E-state index < -0.39 is 0 Å². The molecule has 0 N–H and O–H groups in total. The first-order valence-corrected chi connectivity index (χ1v) is 8.82. The van der Waals surface area contributed by atoms with Gasteiger partial charge in [0, 0.05) is 32.2 Å². The zero-order chi connectivity index (χ0) is 16.8. The molecule has 5 rings (SSSR count). The Balaban J connectivity index is 1.37. The van der Waals surface area contributed by atoms with Gasteiger partial charge in [0.15, 0.2) is 17.0 Å². The van der Waals surface area contributed by atoms with Gasteiger partial charge >= 0.3 is 0 Å². The van der Waals surface area contributed by atoms with E-state index in [4.69, 9.17) is 11.6 Å². The molecular formula is C16H17ClN8. The van der Waals surface area contributed by atoms with E-state index in [1.54, 1.807) is 18.7 Å². The molecule has 0 radical (unpaired) electrons. The summed E-state index contributed by atoms with van der Waals surface area (Å²) in [6.45, 7) is 3.34. The quantitative estimate of drug-likeness (QED) is 0.709. The number of anilines is 2. The smallest absolute Gasteiger partial charge is 0.225 e. The van der Waals surface area contributed by atoms with Crippen molar-refractivity contribution in [2.24, 2.45) is 0 Å². The lowest BCUT2D eigenvalue weighted by Crippen LogP contribution is -2.47. The predicted octanol–water partition coefficient (Wildman–Crippen LogP) is 1.93. The second kappa shape index (κ2) is 5.80. The van der Waals surface area contributed by atoms with Crippen LogP contribution in [0.3, 0.4) is 0 Å². The minimum Gasteiger partial charge on any atom is -0.351 e. The number of aromatic nitrogens is 6. The molecule has 25 heavy (non-hydrogen) atoms. The standard InChI is InChI=1S/C16H17ClN8/c17-11-7-18-16(19-8-11)24-5-3-23(4-6-24)14-13-15(21-9-20-14)25(10-22-13)12-1-2-12/h7-10,12H,1-6H2. The topological polar surface area (TPSA) is 75.9 Å². The molecule has 3 aromatic heterocycles. The van der Waals surface area contributed by atoms with Crippen molar-refractivity contribution < 1.29 is 0 Å². The molecule has 3 aromatic rings. The number of halogens is 1. The summed E-state index contributed by atoms with van der Waals surface area (Å²) in [5.74, 6) is 1.64. The summed E-state index contributed by atoms with van der Waals surface area (Å²) in [7, 11) is 0. The lowest BCUT2D eigenvalue weighted by Gasteiger charge is -2.35. The number of fused-ring (bicyclic) bond motifs is 1. The van der Waals surface area contributed by atoms with E-state index in [9.17, 15) is 0 Å². The summed E-state index contributed by atoms with van der Waals surface area (Å²) in [6.07, 6.45) is 9.24. The van der Waals surface area contributed by atoms with Gasteiger partial charge in [-0.3, -0.25) is 0 Å². The third-order valence-electron chi connectivity index (χ3n) is 4.75. The van der Waals surface area contributed by atoms with Crippen LogP contribution in [0.5, 0.6) is 0 Å². The summed E-state index contributed by atoms with van der Waals surface area (Å²) in [5.41, 5.74) is 1.83. The molecule has 0 unspecified atom stereocenters.